The monoisotopic (exact) mass is 333 g/mol. The molecule has 2 unspecified atom stereocenters. The van der Waals surface area contributed by atoms with Crippen molar-refractivity contribution >= 4 is 39.9 Å². The van der Waals surface area contributed by atoms with Crippen molar-refractivity contribution in [2.24, 2.45) is 0 Å². The molecular weight excluding hydrogens is 317 g/mol. The Morgan fingerprint density at radius 2 is 2.15 bits per heavy atom. The van der Waals surface area contributed by atoms with Gasteiger partial charge < -0.3 is 4.90 Å². The molecule has 1 aromatic rings. The molecule has 1 heterocycles. The van der Waals surface area contributed by atoms with Crippen LogP contribution < -0.4 is 0 Å². The maximum atomic E-state index is 12.2. The van der Waals surface area contributed by atoms with Gasteiger partial charge in [0.15, 0.2) is 0 Å². The summed E-state index contributed by atoms with van der Waals surface area (Å²) in [5.41, 5.74) is 0.993. The second-order valence-corrected chi connectivity index (χ2v) is 7.35. The molecule has 1 fully saturated rings. The highest BCUT2D eigenvalue weighted by Gasteiger charge is 2.30. The first kappa shape index (κ1) is 15.8. The largest absolute Gasteiger partial charge is 0.335 e. The van der Waals surface area contributed by atoms with Crippen molar-refractivity contribution in [3.8, 4) is 0 Å². The lowest BCUT2D eigenvalue weighted by atomic mass is 10.0. The van der Waals surface area contributed by atoms with Gasteiger partial charge in [-0.05, 0) is 30.5 Å². The summed E-state index contributed by atoms with van der Waals surface area (Å²) in [7, 11) is -1.07. The maximum absolute atomic E-state index is 12.2. The van der Waals surface area contributed by atoms with Crippen molar-refractivity contribution < 1.29 is 9.00 Å². The lowest BCUT2D eigenvalue weighted by molar-refractivity contribution is -0.129. The number of carbonyl (C=O) groups is 1. The van der Waals surface area contributed by atoms with Gasteiger partial charge in [-0.3, -0.25) is 9.00 Å². The molecule has 1 aliphatic rings. The third-order valence-corrected chi connectivity index (χ3v) is 5.46. The summed E-state index contributed by atoms with van der Waals surface area (Å²) in [5.74, 6) is 0.574. The zero-order valence-corrected chi connectivity index (χ0v) is 13.6. The quantitative estimate of drug-likeness (QED) is 0.846. The minimum absolute atomic E-state index is 0.0196. The molecule has 2 atom stereocenters. The summed E-state index contributed by atoms with van der Waals surface area (Å²) in [6.07, 6.45) is 1.86. The fourth-order valence-corrected chi connectivity index (χ4v) is 3.41. The van der Waals surface area contributed by atoms with Crippen LogP contribution in [0.15, 0.2) is 18.2 Å². The summed E-state index contributed by atoms with van der Waals surface area (Å²) in [4.78, 5) is 14.0. The predicted molar refractivity (Wildman–Crippen MR) is 83.7 cm³/mol. The molecule has 0 saturated carbocycles. The first-order chi connectivity index (χ1) is 9.52. The van der Waals surface area contributed by atoms with Gasteiger partial charge in [-0.1, -0.05) is 36.2 Å². The van der Waals surface area contributed by atoms with Crippen molar-refractivity contribution in [3.63, 3.8) is 0 Å². The van der Waals surface area contributed by atoms with Gasteiger partial charge in [-0.2, -0.15) is 0 Å². The van der Waals surface area contributed by atoms with Crippen LogP contribution in [-0.4, -0.2) is 33.1 Å². The van der Waals surface area contributed by atoms with Crippen LogP contribution in [0.1, 0.15) is 31.4 Å². The van der Waals surface area contributed by atoms with Gasteiger partial charge in [0, 0.05) is 23.1 Å². The van der Waals surface area contributed by atoms with Crippen molar-refractivity contribution in [1.82, 2.24) is 4.90 Å². The molecule has 0 N–H and O–H groups in total. The second-order valence-electron chi connectivity index (χ2n) is 4.79. The Morgan fingerprint density at radius 1 is 1.40 bits per heavy atom. The Balaban J connectivity index is 2.16. The smallest absolute Gasteiger partial charge is 0.235 e. The fourth-order valence-electron chi connectivity index (χ4n) is 2.45. The number of nitrogens with zero attached hydrogens (tertiary/aromatic N) is 1. The Hall–Kier alpha value is -0.580. The number of hydrogen-bond donors (Lipinski definition) is 0. The first-order valence-electron chi connectivity index (χ1n) is 6.62. The zero-order chi connectivity index (χ0) is 14.7. The van der Waals surface area contributed by atoms with Crippen molar-refractivity contribution in [1.29, 1.82) is 0 Å². The first-order valence-corrected chi connectivity index (χ1v) is 8.86. The molecule has 3 nitrogen and oxygen atoms in total. The number of likely N-dealkylation sites (tertiary alicyclic amines) is 1. The van der Waals surface area contributed by atoms with E-state index in [2.05, 4.69) is 0 Å². The lowest BCUT2D eigenvalue weighted by Gasteiger charge is -2.25. The van der Waals surface area contributed by atoms with E-state index < -0.39 is 10.8 Å². The van der Waals surface area contributed by atoms with E-state index in [1.165, 1.54) is 0 Å². The minimum Gasteiger partial charge on any atom is -0.335 e. The maximum Gasteiger partial charge on any atom is 0.235 e. The normalized spacial score (nSPS) is 20.1. The molecule has 0 radical (unpaired) electrons. The molecule has 1 aliphatic heterocycles. The second kappa shape index (κ2) is 6.92. The summed E-state index contributed by atoms with van der Waals surface area (Å²) >= 11 is 12.0. The van der Waals surface area contributed by atoms with Crippen LogP contribution in [0.2, 0.25) is 10.0 Å². The van der Waals surface area contributed by atoms with Crippen LogP contribution in [-0.2, 0) is 15.6 Å². The van der Waals surface area contributed by atoms with Crippen molar-refractivity contribution in [3.05, 3.63) is 33.8 Å². The van der Waals surface area contributed by atoms with Crippen LogP contribution in [0.25, 0.3) is 0 Å². The Labute approximate surface area is 131 Å². The number of benzene rings is 1. The molecule has 110 valence electrons. The molecule has 1 saturated heterocycles. The fraction of sp³-hybridized carbons (Fsp3) is 0.500. The molecule has 0 bridgehead atoms. The van der Waals surface area contributed by atoms with Gasteiger partial charge in [0.2, 0.25) is 5.91 Å². The third-order valence-electron chi connectivity index (χ3n) is 3.51. The van der Waals surface area contributed by atoms with E-state index in [1.54, 1.807) is 6.07 Å². The van der Waals surface area contributed by atoms with E-state index in [9.17, 15) is 9.00 Å². The molecule has 1 amide bonds. The van der Waals surface area contributed by atoms with E-state index in [-0.39, 0.29) is 17.7 Å². The van der Waals surface area contributed by atoms with Crippen LogP contribution in [0, 0.1) is 0 Å². The van der Waals surface area contributed by atoms with Crippen LogP contribution in [0.5, 0.6) is 0 Å². The van der Waals surface area contributed by atoms with Crippen molar-refractivity contribution in [2.75, 3.05) is 18.1 Å². The molecule has 0 aromatic heterocycles. The molecule has 0 aliphatic carbocycles. The molecule has 2 rings (SSSR count). The summed E-state index contributed by atoms with van der Waals surface area (Å²) in [6.45, 7) is 2.54. The Morgan fingerprint density at radius 3 is 2.80 bits per heavy atom. The molecule has 6 heteroatoms. The van der Waals surface area contributed by atoms with Gasteiger partial charge in [0.25, 0.3) is 0 Å². The summed E-state index contributed by atoms with van der Waals surface area (Å²) in [6, 6.07) is 5.49. The highest BCUT2D eigenvalue weighted by molar-refractivity contribution is 7.85. The van der Waals surface area contributed by atoms with E-state index in [0.29, 0.717) is 22.3 Å². The number of carbonyl (C=O) groups excluding carboxylic acids is 1. The number of halogens is 2. The predicted octanol–water partition coefficient (Wildman–Crippen LogP) is 3.43. The van der Waals surface area contributed by atoms with Gasteiger partial charge >= 0.3 is 0 Å². The molecule has 0 spiro atoms. The number of hydrogen-bond acceptors (Lipinski definition) is 2. The average Bonchev–Trinajstić information content (AvgIpc) is 2.91. The van der Waals surface area contributed by atoms with E-state index in [1.807, 2.05) is 24.0 Å². The topological polar surface area (TPSA) is 37.4 Å². The minimum atomic E-state index is -1.07. The van der Waals surface area contributed by atoms with Crippen LogP contribution in [0.3, 0.4) is 0 Å². The number of amides is 1. The molecule has 1 aromatic carbocycles. The lowest BCUT2D eigenvalue weighted by Crippen LogP contribution is -2.34. The molecule has 20 heavy (non-hydrogen) atoms. The zero-order valence-electron chi connectivity index (χ0n) is 11.3. The van der Waals surface area contributed by atoms with Crippen molar-refractivity contribution in [2.45, 2.75) is 25.8 Å². The highest BCUT2D eigenvalue weighted by Crippen LogP contribution is 2.35. The third kappa shape index (κ3) is 3.54. The average molecular weight is 334 g/mol. The highest BCUT2D eigenvalue weighted by atomic mass is 35.5. The molecular formula is C14H17Cl2NO2S. The van der Waals surface area contributed by atoms with Crippen LogP contribution in [0.4, 0.5) is 0 Å². The van der Waals surface area contributed by atoms with Gasteiger partial charge in [0.05, 0.1) is 16.1 Å². The Bertz CT molecular complexity index is 536. The Kier molecular flexibility index (Phi) is 5.47. The van der Waals surface area contributed by atoms with E-state index >= 15 is 0 Å². The van der Waals surface area contributed by atoms with Gasteiger partial charge in [-0.25, -0.2) is 0 Å². The van der Waals surface area contributed by atoms with E-state index in [4.69, 9.17) is 23.2 Å². The summed E-state index contributed by atoms with van der Waals surface area (Å²) < 4.78 is 11.5. The number of rotatable bonds is 4. The van der Waals surface area contributed by atoms with Gasteiger partial charge in [-0.15, -0.1) is 0 Å². The SMILES string of the molecule is CCS(=O)CC(=O)N1CCCC1c1ccc(Cl)c(Cl)c1. The van der Waals surface area contributed by atoms with E-state index in [0.717, 1.165) is 18.4 Å². The van der Waals surface area contributed by atoms with Crippen LogP contribution >= 0.6 is 23.2 Å². The summed E-state index contributed by atoms with van der Waals surface area (Å²) in [5, 5.41) is 1.01. The standard InChI is InChI=1S/C14H17Cl2NO2S/c1-2-20(19)9-14(18)17-7-3-4-13(17)10-5-6-11(15)12(16)8-10/h5-6,8,13H,2-4,7,9H2,1H3. The van der Waals surface area contributed by atoms with Gasteiger partial charge in [0.1, 0.15) is 5.75 Å².